The lowest BCUT2D eigenvalue weighted by molar-refractivity contribution is 0.0520. The molecular formula is C12H14N4O2. The Morgan fingerprint density at radius 2 is 2.28 bits per heavy atom. The molecule has 0 aliphatic rings. The summed E-state index contributed by atoms with van der Waals surface area (Å²) in [6, 6.07) is 1.90. The maximum absolute atomic E-state index is 11.6. The second-order valence-corrected chi connectivity index (χ2v) is 3.82. The number of carbonyl (C=O) groups is 1. The van der Waals surface area contributed by atoms with E-state index in [1.807, 2.05) is 13.0 Å². The largest absolute Gasteiger partial charge is 0.461 e. The highest BCUT2D eigenvalue weighted by molar-refractivity contribution is 5.92. The van der Waals surface area contributed by atoms with E-state index in [0.29, 0.717) is 0 Å². The predicted molar refractivity (Wildman–Crippen MR) is 66.5 cm³/mol. The van der Waals surface area contributed by atoms with E-state index in [4.69, 9.17) is 10.5 Å². The van der Waals surface area contributed by atoms with Gasteiger partial charge < -0.3 is 10.5 Å². The Bertz CT molecular complexity index is 577. The van der Waals surface area contributed by atoms with Crippen molar-refractivity contribution in [2.24, 2.45) is 0 Å². The molecule has 0 saturated carbocycles. The third kappa shape index (κ3) is 2.32. The van der Waals surface area contributed by atoms with Crippen molar-refractivity contribution in [1.29, 1.82) is 0 Å². The fraction of sp³-hybridized carbons (Fsp3) is 0.250. The van der Waals surface area contributed by atoms with Gasteiger partial charge in [0.05, 0.1) is 30.4 Å². The number of pyridine rings is 1. The number of hydrogen-bond donors (Lipinski definition) is 1. The normalized spacial score (nSPS) is 10.3. The molecule has 0 aliphatic heterocycles. The molecule has 0 radical (unpaired) electrons. The number of ether oxygens (including phenoxy) is 1. The van der Waals surface area contributed by atoms with Crippen molar-refractivity contribution in [1.82, 2.24) is 14.8 Å². The number of anilines is 1. The molecule has 0 spiro atoms. The minimum Gasteiger partial charge on any atom is -0.461 e. The zero-order valence-electron chi connectivity index (χ0n) is 10.3. The molecule has 2 rings (SSSR count). The molecule has 94 valence electrons. The van der Waals surface area contributed by atoms with Crippen molar-refractivity contribution in [3.8, 4) is 5.69 Å². The lowest BCUT2D eigenvalue weighted by Crippen LogP contribution is -2.08. The summed E-state index contributed by atoms with van der Waals surface area (Å²) in [5.41, 5.74) is 7.90. The van der Waals surface area contributed by atoms with Crippen molar-refractivity contribution >= 4 is 11.7 Å². The van der Waals surface area contributed by atoms with Crippen LogP contribution >= 0.6 is 0 Å². The van der Waals surface area contributed by atoms with Crippen LogP contribution in [0.4, 0.5) is 5.69 Å². The van der Waals surface area contributed by atoms with Gasteiger partial charge in [-0.15, -0.1) is 0 Å². The second kappa shape index (κ2) is 4.87. The number of nitrogen functional groups attached to an aromatic ring is 1. The van der Waals surface area contributed by atoms with Crippen LogP contribution in [0.1, 0.15) is 23.0 Å². The van der Waals surface area contributed by atoms with Crippen molar-refractivity contribution in [3.63, 3.8) is 0 Å². The Balaban J connectivity index is 2.37. The van der Waals surface area contributed by atoms with E-state index in [1.54, 1.807) is 25.5 Å². The van der Waals surface area contributed by atoms with Crippen LogP contribution in [0.5, 0.6) is 0 Å². The number of carbonyl (C=O) groups excluding carboxylic acids is 1. The van der Waals surface area contributed by atoms with Gasteiger partial charge in [-0.3, -0.25) is 4.98 Å². The fourth-order valence-corrected chi connectivity index (χ4v) is 1.54. The SMILES string of the molecule is CCOC(=O)c1nn(-c2cncc(C)c2)cc1N. The Labute approximate surface area is 104 Å². The van der Waals surface area contributed by atoms with Crippen LogP contribution in [0.15, 0.2) is 24.7 Å². The summed E-state index contributed by atoms with van der Waals surface area (Å²) in [4.78, 5) is 15.6. The highest BCUT2D eigenvalue weighted by Crippen LogP contribution is 2.15. The number of nitrogens with zero attached hydrogens (tertiary/aromatic N) is 3. The van der Waals surface area contributed by atoms with Gasteiger partial charge in [0.15, 0.2) is 5.69 Å². The summed E-state index contributed by atoms with van der Waals surface area (Å²) >= 11 is 0. The Hall–Kier alpha value is -2.37. The van der Waals surface area contributed by atoms with Gasteiger partial charge in [0, 0.05) is 6.20 Å². The molecule has 0 aromatic carbocycles. The zero-order chi connectivity index (χ0) is 13.1. The molecule has 18 heavy (non-hydrogen) atoms. The minimum absolute atomic E-state index is 0.123. The molecule has 0 unspecified atom stereocenters. The molecule has 2 heterocycles. The molecule has 2 aromatic rings. The molecule has 0 bridgehead atoms. The van der Waals surface area contributed by atoms with Gasteiger partial charge in [0.2, 0.25) is 0 Å². The molecule has 0 atom stereocenters. The van der Waals surface area contributed by atoms with Crippen molar-refractivity contribution < 1.29 is 9.53 Å². The fourth-order valence-electron chi connectivity index (χ4n) is 1.54. The smallest absolute Gasteiger partial charge is 0.361 e. The lowest BCUT2D eigenvalue weighted by atomic mass is 10.3. The molecule has 6 nitrogen and oxygen atoms in total. The van der Waals surface area contributed by atoms with Gasteiger partial charge in [-0.1, -0.05) is 0 Å². The highest BCUT2D eigenvalue weighted by Gasteiger charge is 2.16. The van der Waals surface area contributed by atoms with Crippen LogP contribution in [0.3, 0.4) is 0 Å². The van der Waals surface area contributed by atoms with Gasteiger partial charge >= 0.3 is 5.97 Å². The van der Waals surface area contributed by atoms with E-state index in [2.05, 4.69) is 10.1 Å². The van der Waals surface area contributed by atoms with E-state index in [-0.39, 0.29) is 18.0 Å². The number of esters is 1. The average Bonchev–Trinajstić information content (AvgIpc) is 2.72. The third-order valence-corrected chi connectivity index (χ3v) is 2.34. The number of rotatable bonds is 3. The van der Waals surface area contributed by atoms with Crippen molar-refractivity contribution in [2.75, 3.05) is 12.3 Å². The molecule has 0 fully saturated rings. The minimum atomic E-state index is -0.519. The van der Waals surface area contributed by atoms with E-state index >= 15 is 0 Å². The van der Waals surface area contributed by atoms with Gasteiger partial charge in [0.1, 0.15) is 0 Å². The molecular weight excluding hydrogens is 232 g/mol. The summed E-state index contributed by atoms with van der Waals surface area (Å²) in [7, 11) is 0. The first-order chi connectivity index (χ1) is 8.61. The first-order valence-corrected chi connectivity index (χ1v) is 5.56. The maximum Gasteiger partial charge on any atom is 0.361 e. The molecule has 6 heteroatoms. The summed E-state index contributed by atoms with van der Waals surface area (Å²) in [5, 5.41) is 4.12. The number of hydrogen-bond acceptors (Lipinski definition) is 5. The van der Waals surface area contributed by atoms with E-state index in [1.165, 1.54) is 4.68 Å². The van der Waals surface area contributed by atoms with Gasteiger partial charge in [-0.25, -0.2) is 9.48 Å². The predicted octanol–water partition coefficient (Wildman–Crippen LogP) is 1.33. The first-order valence-electron chi connectivity index (χ1n) is 5.56. The lowest BCUT2D eigenvalue weighted by Gasteiger charge is -2.01. The van der Waals surface area contributed by atoms with Gasteiger partial charge in [-0.2, -0.15) is 5.10 Å². The molecule has 0 saturated heterocycles. The van der Waals surface area contributed by atoms with Crippen LogP contribution in [0.2, 0.25) is 0 Å². The summed E-state index contributed by atoms with van der Waals surface area (Å²) in [5.74, 6) is -0.519. The van der Waals surface area contributed by atoms with Crippen LogP contribution < -0.4 is 5.73 Å². The maximum atomic E-state index is 11.6. The summed E-state index contributed by atoms with van der Waals surface area (Å²) < 4.78 is 6.39. The van der Waals surface area contributed by atoms with Crippen LogP contribution in [-0.2, 0) is 4.74 Å². The Morgan fingerprint density at radius 3 is 2.94 bits per heavy atom. The number of aromatic nitrogens is 3. The van der Waals surface area contributed by atoms with Crippen molar-refractivity contribution in [3.05, 3.63) is 35.9 Å². The number of nitrogens with two attached hydrogens (primary N) is 1. The van der Waals surface area contributed by atoms with Crippen molar-refractivity contribution in [2.45, 2.75) is 13.8 Å². The topological polar surface area (TPSA) is 83.0 Å². The van der Waals surface area contributed by atoms with E-state index < -0.39 is 5.97 Å². The first kappa shape index (κ1) is 12.1. The zero-order valence-corrected chi connectivity index (χ0v) is 10.3. The van der Waals surface area contributed by atoms with Gasteiger partial charge in [-0.05, 0) is 25.5 Å². The second-order valence-electron chi connectivity index (χ2n) is 3.82. The van der Waals surface area contributed by atoms with Crippen LogP contribution in [0, 0.1) is 6.92 Å². The quantitative estimate of drug-likeness (QED) is 0.826. The molecule has 2 N–H and O–H groups in total. The summed E-state index contributed by atoms with van der Waals surface area (Å²) in [6.45, 7) is 3.95. The van der Waals surface area contributed by atoms with Crippen LogP contribution in [-0.4, -0.2) is 27.3 Å². The van der Waals surface area contributed by atoms with E-state index in [0.717, 1.165) is 11.3 Å². The molecule has 2 aromatic heterocycles. The van der Waals surface area contributed by atoms with Gasteiger partial charge in [0.25, 0.3) is 0 Å². The molecule has 0 amide bonds. The molecule has 0 aliphatic carbocycles. The van der Waals surface area contributed by atoms with Crippen LogP contribution in [0.25, 0.3) is 5.69 Å². The Kier molecular flexibility index (Phi) is 3.27. The third-order valence-electron chi connectivity index (χ3n) is 2.34. The summed E-state index contributed by atoms with van der Waals surface area (Å²) in [6.07, 6.45) is 4.96. The standard InChI is InChI=1S/C12H14N4O2/c1-3-18-12(17)11-10(13)7-16(15-11)9-4-8(2)5-14-6-9/h4-7H,3,13H2,1-2H3. The average molecular weight is 246 g/mol. The number of aryl methyl sites for hydroxylation is 1. The Morgan fingerprint density at radius 1 is 1.50 bits per heavy atom. The highest BCUT2D eigenvalue weighted by atomic mass is 16.5. The van der Waals surface area contributed by atoms with E-state index in [9.17, 15) is 4.79 Å². The monoisotopic (exact) mass is 246 g/mol.